The first kappa shape index (κ1) is 49.6. The molecule has 1 unspecified atom stereocenters. The topological polar surface area (TPSA) is 199 Å². The first-order valence-corrected chi connectivity index (χ1v) is 20.2. The molecule has 2 N–H and O–H groups in total. The lowest BCUT2D eigenvalue weighted by atomic mass is 9.92. The lowest BCUT2D eigenvalue weighted by Gasteiger charge is -2.43. The minimum Gasteiger partial charge on any atom is -0.463 e. The highest BCUT2D eigenvalue weighted by Gasteiger charge is 2.48. The largest absolute Gasteiger partial charge is 0.463 e. The molecule has 1 saturated heterocycles. The van der Waals surface area contributed by atoms with Gasteiger partial charge in [0.1, 0.15) is 30.4 Å². The maximum absolute atomic E-state index is 12.3. The van der Waals surface area contributed by atoms with Crippen LogP contribution < -0.4 is 10.6 Å². The number of ketones is 2. The Kier molecular flexibility index (Phi) is 27.7. The number of carbonyl (C=O) groups is 7. The number of carbonyl (C=O) groups excluding carboxylic acids is 7. The molecule has 1 aliphatic rings. The van der Waals surface area contributed by atoms with Crippen LogP contribution in [-0.2, 0) is 62.0 Å². The van der Waals surface area contributed by atoms with E-state index in [-0.39, 0.29) is 56.0 Å². The van der Waals surface area contributed by atoms with Crippen molar-refractivity contribution in [3.05, 3.63) is 0 Å². The number of nitrogens with one attached hydrogen (secondary N) is 2. The minimum absolute atomic E-state index is 0.120. The molecule has 55 heavy (non-hydrogen) atoms. The van der Waals surface area contributed by atoms with Gasteiger partial charge < -0.3 is 43.8 Å². The van der Waals surface area contributed by atoms with Crippen LogP contribution in [0.4, 0.5) is 0 Å². The number of hydrogen-bond acceptors (Lipinski definition) is 13. The van der Waals surface area contributed by atoms with Crippen molar-refractivity contribution in [3.8, 4) is 0 Å². The standard InChI is InChI=1S/C40H68N2O13/c1-29(43)18-12-10-8-6-7-9-11-13-19-34(47)20-16-25-50-27-22-37(49)42-24-17-23-41-36(48)21-14-15-26-51-40-30(2)38(53-32(4)45)39(54-33(5)46)35(55-40)28-52-31(3)44/h30,35,38-40H,6-28H2,1-5H3,(H,41,48)(H,42,49)/t30-,35-,38?,39+,40-/m1/s1. The summed E-state index contributed by atoms with van der Waals surface area (Å²) in [7, 11) is 0. The quantitative estimate of drug-likeness (QED) is 0.0535. The highest BCUT2D eigenvalue weighted by molar-refractivity contribution is 5.78. The van der Waals surface area contributed by atoms with Crippen LogP contribution in [0.3, 0.4) is 0 Å². The Hall–Kier alpha value is -3.43. The second-order valence-corrected chi connectivity index (χ2v) is 14.3. The van der Waals surface area contributed by atoms with Gasteiger partial charge in [0, 0.05) is 85.1 Å². The zero-order chi connectivity index (χ0) is 40.8. The number of ether oxygens (including phenoxy) is 6. The highest BCUT2D eigenvalue weighted by atomic mass is 16.7. The Morgan fingerprint density at radius 1 is 0.545 bits per heavy atom. The maximum atomic E-state index is 12.3. The molecule has 0 aromatic heterocycles. The first-order chi connectivity index (χ1) is 26.3. The third-order valence-corrected chi connectivity index (χ3v) is 9.03. The molecule has 0 spiro atoms. The third kappa shape index (κ3) is 26.1. The zero-order valence-corrected chi connectivity index (χ0v) is 34.0. The lowest BCUT2D eigenvalue weighted by molar-refractivity contribution is -0.288. The van der Waals surface area contributed by atoms with Crippen molar-refractivity contribution < 1.29 is 62.0 Å². The molecule has 1 aliphatic heterocycles. The molecular weight excluding hydrogens is 716 g/mol. The van der Waals surface area contributed by atoms with Crippen molar-refractivity contribution in [2.24, 2.45) is 5.92 Å². The van der Waals surface area contributed by atoms with E-state index in [4.69, 9.17) is 28.4 Å². The van der Waals surface area contributed by atoms with Crippen molar-refractivity contribution in [1.82, 2.24) is 10.6 Å². The summed E-state index contributed by atoms with van der Waals surface area (Å²) in [6.07, 6.45) is 9.78. The van der Waals surface area contributed by atoms with Gasteiger partial charge in [-0.05, 0) is 45.4 Å². The Morgan fingerprint density at radius 2 is 1.09 bits per heavy atom. The molecule has 0 aromatic carbocycles. The Morgan fingerprint density at radius 3 is 1.69 bits per heavy atom. The molecule has 0 saturated carbocycles. The van der Waals surface area contributed by atoms with E-state index in [1.165, 1.54) is 40.0 Å². The Balaban J connectivity index is 2.09. The number of rotatable bonds is 32. The van der Waals surface area contributed by atoms with Gasteiger partial charge in [-0.3, -0.25) is 28.8 Å². The molecule has 1 fully saturated rings. The lowest BCUT2D eigenvalue weighted by Crippen LogP contribution is -2.58. The van der Waals surface area contributed by atoms with Gasteiger partial charge >= 0.3 is 17.9 Å². The van der Waals surface area contributed by atoms with E-state index in [9.17, 15) is 33.6 Å². The van der Waals surface area contributed by atoms with E-state index in [1.54, 1.807) is 13.8 Å². The summed E-state index contributed by atoms with van der Waals surface area (Å²) in [5, 5.41) is 5.65. The predicted molar refractivity (Wildman–Crippen MR) is 203 cm³/mol. The summed E-state index contributed by atoms with van der Waals surface area (Å²) in [6.45, 7) is 8.67. The van der Waals surface area contributed by atoms with Gasteiger partial charge in [-0.2, -0.15) is 0 Å². The summed E-state index contributed by atoms with van der Waals surface area (Å²) in [4.78, 5) is 82.4. The second kappa shape index (κ2) is 30.7. The molecule has 316 valence electrons. The number of hydrogen-bond donors (Lipinski definition) is 2. The van der Waals surface area contributed by atoms with Gasteiger partial charge in [-0.1, -0.05) is 45.4 Å². The highest BCUT2D eigenvalue weighted by Crippen LogP contribution is 2.32. The molecule has 0 aliphatic carbocycles. The number of unbranched alkanes of at least 4 members (excludes halogenated alkanes) is 8. The van der Waals surface area contributed by atoms with E-state index in [0.717, 1.165) is 32.1 Å². The normalized spacial score (nSPS) is 19.3. The summed E-state index contributed by atoms with van der Waals surface area (Å²) >= 11 is 0. The zero-order valence-electron chi connectivity index (χ0n) is 34.0. The van der Waals surface area contributed by atoms with Crippen molar-refractivity contribution in [2.45, 2.75) is 168 Å². The van der Waals surface area contributed by atoms with Gasteiger partial charge in [0.15, 0.2) is 12.4 Å². The van der Waals surface area contributed by atoms with Crippen LogP contribution in [0.15, 0.2) is 0 Å². The van der Waals surface area contributed by atoms with E-state index < -0.39 is 48.4 Å². The van der Waals surface area contributed by atoms with Gasteiger partial charge in [0.05, 0.1) is 6.61 Å². The molecule has 0 radical (unpaired) electrons. The van der Waals surface area contributed by atoms with E-state index in [1.807, 2.05) is 0 Å². The molecule has 1 rings (SSSR count). The molecular formula is C40H68N2O13. The summed E-state index contributed by atoms with van der Waals surface area (Å²) in [6, 6.07) is 0. The van der Waals surface area contributed by atoms with Crippen LogP contribution in [0.5, 0.6) is 0 Å². The number of esters is 3. The van der Waals surface area contributed by atoms with Gasteiger partial charge in [0.25, 0.3) is 0 Å². The van der Waals surface area contributed by atoms with Crippen LogP contribution in [0.1, 0.15) is 144 Å². The minimum atomic E-state index is -0.996. The molecule has 0 bridgehead atoms. The van der Waals surface area contributed by atoms with Crippen molar-refractivity contribution >= 4 is 41.3 Å². The fourth-order valence-electron chi connectivity index (χ4n) is 6.09. The second-order valence-electron chi connectivity index (χ2n) is 14.3. The van der Waals surface area contributed by atoms with Crippen molar-refractivity contribution in [2.75, 3.05) is 39.5 Å². The van der Waals surface area contributed by atoms with Crippen LogP contribution >= 0.6 is 0 Å². The van der Waals surface area contributed by atoms with Crippen LogP contribution in [0.2, 0.25) is 0 Å². The molecule has 1 heterocycles. The smallest absolute Gasteiger partial charge is 0.303 e. The van der Waals surface area contributed by atoms with Gasteiger partial charge in [-0.25, -0.2) is 0 Å². The maximum Gasteiger partial charge on any atom is 0.303 e. The first-order valence-electron chi connectivity index (χ1n) is 20.2. The Bertz CT molecular complexity index is 1160. The molecule has 0 aromatic rings. The van der Waals surface area contributed by atoms with Crippen molar-refractivity contribution in [1.29, 1.82) is 0 Å². The molecule has 2 amide bonds. The summed E-state index contributed by atoms with van der Waals surface area (Å²) in [5.41, 5.74) is 0. The SMILES string of the molecule is CC(=O)CCCCCCCCCCC(=O)CCCOCCC(=O)NCCCNC(=O)CCCCO[C@@H]1O[C@H](COC(C)=O)[C@H](OC(C)=O)C(OC(C)=O)[C@H]1C. The fourth-order valence-corrected chi connectivity index (χ4v) is 6.09. The van der Waals surface area contributed by atoms with Crippen molar-refractivity contribution in [3.63, 3.8) is 0 Å². The van der Waals surface area contributed by atoms with Crippen LogP contribution in [0, 0.1) is 5.92 Å². The monoisotopic (exact) mass is 784 g/mol. The third-order valence-electron chi connectivity index (χ3n) is 9.03. The molecule has 15 heteroatoms. The van der Waals surface area contributed by atoms with E-state index in [0.29, 0.717) is 64.6 Å². The van der Waals surface area contributed by atoms with Gasteiger partial charge in [0.2, 0.25) is 11.8 Å². The van der Waals surface area contributed by atoms with Crippen LogP contribution in [0.25, 0.3) is 0 Å². The number of amides is 2. The van der Waals surface area contributed by atoms with Crippen LogP contribution in [-0.4, -0.2) is 105 Å². The average molecular weight is 785 g/mol. The van der Waals surface area contributed by atoms with E-state index >= 15 is 0 Å². The van der Waals surface area contributed by atoms with Gasteiger partial charge in [-0.15, -0.1) is 0 Å². The molecule has 5 atom stereocenters. The fraction of sp³-hybridized carbons (Fsp3) is 0.825. The predicted octanol–water partition coefficient (Wildman–Crippen LogP) is 4.83. The average Bonchev–Trinajstić information content (AvgIpc) is 3.11. The van der Waals surface area contributed by atoms with E-state index in [2.05, 4.69) is 10.6 Å². The Labute approximate surface area is 327 Å². The number of Topliss-reactive ketones (excluding diaryl/α,β-unsaturated/α-hetero) is 2. The molecule has 15 nitrogen and oxygen atoms in total. The summed E-state index contributed by atoms with van der Waals surface area (Å²) < 4.78 is 33.3. The summed E-state index contributed by atoms with van der Waals surface area (Å²) in [5.74, 6) is -1.97.